The molecule has 1 N–H and O–H groups in total. The molecular weight excluding hydrogens is 816 g/mol. The molecule has 12 heteroatoms. The first-order valence-electron chi connectivity index (χ1n) is 12.1. The van der Waals surface area contributed by atoms with Crippen molar-refractivity contribution in [1.29, 1.82) is 1.34 Å². The molecule has 0 unspecified atom stereocenters. The fourth-order valence-electron chi connectivity index (χ4n) is 2.23. The Labute approximate surface area is 283 Å². The van der Waals surface area contributed by atoms with Crippen molar-refractivity contribution in [2.45, 2.75) is 19.4 Å². The molecule has 0 spiro atoms. The first kappa shape index (κ1) is 46.3. The molecular formula is C29H42B2BrO8U. The van der Waals surface area contributed by atoms with E-state index in [1.54, 1.807) is 12.2 Å². The zero-order valence-electron chi connectivity index (χ0n) is 23.8. The molecule has 0 amide bonds. The molecule has 41 heavy (non-hydrogen) atoms. The van der Waals surface area contributed by atoms with Gasteiger partial charge in [-0.15, -0.1) is 13.2 Å². The standard InChI is InChI=1S/C14H18O4.C7H7Br.C7H12O4.CH4.BH.B.U/c1-2-8-16-9-10-17-12-14(15)18-11-13-6-4-3-5-7-13;8-6-7-4-2-1-3-5-7;1-2-3-10-4-5-11-6-7(8)9;;;;/h2-7H,1,8-12H2;1-5H,6H2;2H,1,3-6H2,(H,8,9);1H4;1H;;/i;;;;1D;;. The Morgan fingerprint density at radius 2 is 1.22 bits per heavy atom. The average Bonchev–Trinajstić information content (AvgIpc) is 2.98. The Balaban J connectivity index is -0.000000164. The van der Waals surface area contributed by atoms with E-state index < -0.39 is 5.97 Å². The van der Waals surface area contributed by atoms with E-state index in [-0.39, 0.29) is 72.7 Å². The van der Waals surface area contributed by atoms with Crippen LogP contribution in [0.4, 0.5) is 0 Å². The molecule has 2 aromatic carbocycles. The molecule has 2 rings (SSSR count). The average molecular weight is 859 g/mol. The van der Waals surface area contributed by atoms with Gasteiger partial charge in [0.05, 0.1) is 39.6 Å². The number of carboxylic acids is 1. The summed E-state index contributed by atoms with van der Waals surface area (Å²) in [5.74, 6) is -1.34. The van der Waals surface area contributed by atoms with Gasteiger partial charge in [-0.3, -0.25) is 0 Å². The molecule has 0 saturated heterocycles. The largest absolute Gasteiger partial charge is 0.480 e. The third-order valence-electron chi connectivity index (χ3n) is 3.90. The fourth-order valence-corrected chi connectivity index (χ4v) is 2.60. The van der Waals surface area contributed by atoms with Crippen molar-refractivity contribution in [3.05, 3.63) is 97.1 Å². The summed E-state index contributed by atoms with van der Waals surface area (Å²) >= 11 is 3.36. The van der Waals surface area contributed by atoms with Gasteiger partial charge in [0, 0.05) is 53.2 Å². The van der Waals surface area contributed by atoms with Gasteiger partial charge in [0.1, 0.15) is 19.8 Å². The predicted octanol–water partition coefficient (Wildman–Crippen LogP) is 4.43. The van der Waals surface area contributed by atoms with Crippen LogP contribution in [0.2, 0.25) is 0 Å². The predicted molar refractivity (Wildman–Crippen MR) is 166 cm³/mol. The van der Waals surface area contributed by atoms with E-state index in [1.165, 1.54) is 5.56 Å². The number of rotatable bonds is 17. The molecule has 0 aromatic heterocycles. The van der Waals surface area contributed by atoms with Crippen LogP contribution in [0.5, 0.6) is 0 Å². The molecule has 0 aliphatic carbocycles. The Morgan fingerprint density at radius 1 is 0.805 bits per heavy atom. The topological polar surface area (TPSA) is 101 Å². The normalized spacial score (nSPS) is 8.85. The number of hydrogen-bond acceptors (Lipinski definition) is 7. The monoisotopic (exact) mass is 858 g/mol. The summed E-state index contributed by atoms with van der Waals surface area (Å²) in [5.41, 5.74) is 2.28. The molecule has 0 heterocycles. The number of halogens is 1. The van der Waals surface area contributed by atoms with E-state index in [4.69, 9.17) is 25.4 Å². The molecule has 0 bridgehead atoms. The summed E-state index contributed by atoms with van der Waals surface area (Å²) in [6.45, 7) is 9.40. The van der Waals surface area contributed by atoms with E-state index in [9.17, 15) is 9.59 Å². The number of carbonyl (C=O) groups excluding carboxylic acids is 1. The zero-order valence-corrected chi connectivity index (χ0v) is 28.5. The maximum atomic E-state index is 11.3. The number of esters is 1. The van der Waals surface area contributed by atoms with Crippen LogP contribution in [0, 0.1) is 31.1 Å². The molecule has 5 radical (unpaired) electrons. The van der Waals surface area contributed by atoms with Gasteiger partial charge in [0.2, 0.25) is 0 Å². The van der Waals surface area contributed by atoms with E-state index in [1.807, 2.05) is 48.5 Å². The van der Waals surface area contributed by atoms with Gasteiger partial charge in [0.25, 0.3) is 0 Å². The minimum absolute atomic E-state index is 0. The quantitative estimate of drug-likeness (QED) is 0.0822. The summed E-state index contributed by atoms with van der Waals surface area (Å²) in [5, 5.41) is 9.09. The fraction of sp³-hybridized carbons (Fsp3) is 0.379. The van der Waals surface area contributed by atoms with Crippen molar-refractivity contribution >= 4 is 44.7 Å². The van der Waals surface area contributed by atoms with Crippen molar-refractivity contribution in [2.24, 2.45) is 0 Å². The Kier molecular flexibility index (Phi) is 43.3. The summed E-state index contributed by atoms with van der Waals surface area (Å²) in [6, 6.07) is 19.8. The van der Waals surface area contributed by atoms with Crippen LogP contribution in [0.1, 0.15) is 18.6 Å². The Hall–Kier alpha value is -1.64. The van der Waals surface area contributed by atoms with Gasteiger partial charge >= 0.3 is 11.9 Å². The smallest absolute Gasteiger partial charge is 0.332 e. The van der Waals surface area contributed by atoms with E-state index in [0.29, 0.717) is 39.6 Å². The van der Waals surface area contributed by atoms with Crippen LogP contribution in [-0.2, 0) is 45.2 Å². The van der Waals surface area contributed by atoms with Crippen molar-refractivity contribution < 1.29 is 69.5 Å². The minimum Gasteiger partial charge on any atom is -0.480 e. The van der Waals surface area contributed by atoms with E-state index in [0.717, 1.165) is 10.9 Å². The van der Waals surface area contributed by atoms with E-state index >= 15 is 0 Å². The summed E-state index contributed by atoms with van der Waals surface area (Å²) < 4.78 is 30.1. The maximum absolute atomic E-state index is 11.3. The van der Waals surface area contributed by atoms with Gasteiger partial charge in [-0.05, 0) is 12.5 Å². The van der Waals surface area contributed by atoms with Gasteiger partial charge < -0.3 is 28.8 Å². The van der Waals surface area contributed by atoms with Crippen molar-refractivity contribution in [3.8, 4) is 0 Å². The van der Waals surface area contributed by atoms with Gasteiger partial charge in [-0.2, -0.15) is 0 Å². The molecule has 8 nitrogen and oxygen atoms in total. The summed E-state index contributed by atoms with van der Waals surface area (Å²) in [6.07, 6.45) is 3.28. The van der Waals surface area contributed by atoms with Gasteiger partial charge in [0.15, 0.2) is 0 Å². The van der Waals surface area contributed by atoms with Crippen LogP contribution >= 0.6 is 15.9 Å². The van der Waals surface area contributed by atoms with Crippen LogP contribution < -0.4 is 0 Å². The van der Waals surface area contributed by atoms with Crippen LogP contribution in [0.25, 0.3) is 0 Å². The third-order valence-corrected chi connectivity index (χ3v) is 4.55. The van der Waals surface area contributed by atoms with Crippen LogP contribution in [0.15, 0.2) is 86.0 Å². The molecule has 2 aromatic rings. The van der Waals surface area contributed by atoms with Crippen molar-refractivity contribution in [3.63, 3.8) is 0 Å². The second-order valence-electron chi connectivity index (χ2n) is 6.99. The van der Waals surface area contributed by atoms with Crippen LogP contribution in [-0.4, -0.2) is 88.0 Å². The maximum Gasteiger partial charge on any atom is 0.332 e. The van der Waals surface area contributed by atoms with Crippen molar-refractivity contribution in [1.82, 2.24) is 0 Å². The second kappa shape index (κ2) is 38.4. The molecule has 0 fully saturated rings. The number of aliphatic carboxylic acids is 1. The molecule has 223 valence electrons. The minimum atomic E-state index is -0.964. The van der Waals surface area contributed by atoms with Crippen molar-refractivity contribution in [2.75, 3.05) is 52.9 Å². The SMILES string of the molecule is BrCc1ccccc1.C.C=CCOCCOCC(=O)O.C=CCOCCOCC(=O)OCc1ccccc1.[2H][B].[B].[U]. The van der Waals surface area contributed by atoms with E-state index in [2.05, 4.69) is 54.3 Å². The number of carboxylic acid groups (broad SMARTS) is 1. The molecule has 0 atom stereocenters. The number of ether oxygens (including phenoxy) is 5. The molecule has 0 aliphatic heterocycles. The van der Waals surface area contributed by atoms with Crippen LogP contribution in [0.3, 0.4) is 0 Å². The Bertz CT molecular complexity index is 856. The zero-order chi connectivity index (χ0) is 29.4. The number of carbonyl (C=O) groups is 2. The number of alkyl halides is 1. The third kappa shape index (κ3) is 36.3. The molecule has 0 saturated carbocycles. The summed E-state index contributed by atoms with van der Waals surface area (Å²) in [7, 11) is 3.75. The second-order valence-corrected chi connectivity index (χ2v) is 7.55. The number of benzene rings is 2. The first-order valence-corrected chi connectivity index (χ1v) is 12.7. The van der Waals surface area contributed by atoms with Gasteiger partial charge in [-0.25, -0.2) is 9.59 Å². The molecule has 0 aliphatic rings. The first-order chi connectivity index (χ1) is 19.0. The van der Waals surface area contributed by atoms with Gasteiger partial charge in [-0.1, -0.05) is 96.2 Å². The summed E-state index contributed by atoms with van der Waals surface area (Å²) in [4.78, 5) is 21.2. The Morgan fingerprint density at radius 3 is 1.61 bits per heavy atom. The number of hydrogen-bond donors (Lipinski definition) is 1.